The Hall–Kier alpha value is -2.88. The highest BCUT2D eigenvalue weighted by atomic mass is 32.2. The van der Waals surface area contributed by atoms with Gasteiger partial charge < -0.3 is 14.8 Å². The first kappa shape index (κ1) is 21.4. The van der Waals surface area contributed by atoms with Gasteiger partial charge in [-0.2, -0.15) is 0 Å². The number of nitrogens with zero attached hydrogens (tertiary/aromatic N) is 1. The Kier molecular flexibility index (Phi) is 6.45. The van der Waals surface area contributed by atoms with Crippen LogP contribution in [0.4, 0.5) is 20.2 Å². The molecule has 0 aliphatic carbocycles. The van der Waals surface area contributed by atoms with Crippen molar-refractivity contribution in [2.75, 3.05) is 30.1 Å². The average molecular weight is 414 g/mol. The van der Waals surface area contributed by atoms with Gasteiger partial charge >= 0.3 is 0 Å². The van der Waals surface area contributed by atoms with Gasteiger partial charge in [-0.3, -0.25) is 9.10 Å². The third-order valence-corrected chi connectivity index (χ3v) is 5.14. The van der Waals surface area contributed by atoms with Crippen LogP contribution in [0.15, 0.2) is 36.4 Å². The lowest BCUT2D eigenvalue weighted by Crippen LogP contribution is -2.45. The number of anilines is 2. The molecule has 0 aliphatic heterocycles. The Labute approximate surface area is 161 Å². The summed E-state index contributed by atoms with van der Waals surface area (Å²) in [5, 5.41) is 2.38. The molecule has 0 saturated heterocycles. The Morgan fingerprint density at radius 2 is 1.68 bits per heavy atom. The Balaban J connectivity index is 2.37. The minimum atomic E-state index is -3.87. The van der Waals surface area contributed by atoms with Gasteiger partial charge in [-0.15, -0.1) is 0 Å². The highest BCUT2D eigenvalue weighted by molar-refractivity contribution is 7.92. The molecule has 2 aromatic carbocycles. The van der Waals surface area contributed by atoms with Gasteiger partial charge in [-0.05, 0) is 31.2 Å². The maximum Gasteiger partial charge on any atom is 0.247 e. The lowest BCUT2D eigenvalue weighted by molar-refractivity contribution is -0.116. The van der Waals surface area contributed by atoms with Crippen molar-refractivity contribution in [3.63, 3.8) is 0 Å². The molecule has 152 valence electrons. The van der Waals surface area contributed by atoms with Gasteiger partial charge in [0.25, 0.3) is 0 Å². The fourth-order valence-electron chi connectivity index (χ4n) is 2.59. The first-order chi connectivity index (χ1) is 13.1. The quantitative estimate of drug-likeness (QED) is 0.753. The molecule has 7 nitrogen and oxygen atoms in total. The van der Waals surface area contributed by atoms with Gasteiger partial charge in [0.05, 0.1) is 26.2 Å². The lowest BCUT2D eigenvalue weighted by Gasteiger charge is -2.28. The summed E-state index contributed by atoms with van der Waals surface area (Å²) in [6.45, 7) is 1.37. The SMILES string of the molecule is COc1ccc(N([C@H](C)C(=O)Nc2ccc(F)c(F)c2)S(C)(=O)=O)cc1OC. The molecular weight excluding hydrogens is 394 g/mol. The first-order valence-electron chi connectivity index (χ1n) is 8.05. The first-order valence-corrected chi connectivity index (χ1v) is 9.90. The zero-order valence-corrected chi connectivity index (χ0v) is 16.5. The standard InChI is InChI=1S/C18H20F2N2O5S/c1-11(18(23)21-12-5-7-14(19)15(20)9-12)22(28(4,24)25)13-6-8-16(26-2)17(10-13)27-3/h5-11H,1-4H3,(H,21,23)/t11-/m1/s1. The van der Waals surface area contributed by atoms with Crippen molar-refractivity contribution >= 4 is 27.3 Å². The summed E-state index contributed by atoms with van der Waals surface area (Å²) in [5.74, 6) is -2.26. The van der Waals surface area contributed by atoms with Gasteiger partial charge in [0.15, 0.2) is 23.1 Å². The van der Waals surface area contributed by atoms with Crippen LogP contribution >= 0.6 is 0 Å². The van der Waals surface area contributed by atoms with Crippen LogP contribution in [0.3, 0.4) is 0 Å². The molecule has 0 aromatic heterocycles. The Morgan fingerprint density at radius 1 is 1.04 bits per heavy atom. The van der Waals surface area contributed by atoms with Crippen LogP contribution in [0, 0.1) is 11.6 Å². The van der Waals surface area contributed by atoms with Crippen molar-refractivity contribution < 1.29 is 31.5 Å². The van der Waals surface area contributed by atoms with Crippen molar-refractivity contribution in [3.05, 3.63) is 48.0 Å². The summed E-state index contributed by atoms with van der Waals surface area (Å²) in [6, 6.07) is 6.03. The number of hydrogen-bond acceptors (Lipinski definition) is 5. The molecular formula is C18H20F2N2O5S. The largest absolute Gasteiger partial charge is 0.493 e. The van der Waals surface area contributed by atoms with Gasteiger partial charge in [-0.1, -0.05) is 0 Å². The molecule has 1 atom stereocenters. The Morgan fingerprint density at radius 3 is 2.21 bits per heavy atom. The monoisotopic (exact) mass is 414 g/mol. The second-order valence-corrected chi connectivity index (χ2v) is 7.75. The molecule has 0 radical (unpaired) electrons. The predicted molar refractivity (Wildman–Crippen MR) is 101 cm³/mol. The second kappa shape index (κ2) is 8.42. The van der Waals surface area contributed by atoms with E-state index < -0.39 is 33.6 Å². The van der Waals surface area contributed by atoms with E-state index in [0.29, 0.717) is 5.75 Å². The molecule has 0 spiro atoms. The van der Waals surface area contributed by atoms with E-state index in [1.54, 1.807) is 0 Å². The van der Waals surface area contributed by atoms with E-state index in [9.17, 15) is 22.0 Å². The number of carbonyl (C=O) groups is 1. The Bertz CT molecular complexity index is 982. The molecule has 1 N–H and O–H groups in total. The van der Waals surface area contributed by atoms with Gasteiger partial charge in [0.1, 0.15) is 6.04 Å². The number of sulfonamides is 1. The molecule has 2 rings (SSSR count). The normalized spacial score (nSPS) is 12.2. The van der Waals surface area contributed by atoms with Gasteiger partial charge in [-0.25, -0.2) is 17.2 Å². The summed E-state index contributed by atoms with van der Waals surface area (Å²) in [6.07, 6.45) is 0.949. The summed E-state index contributed by atoms with van der Waals surface area (Å²) in [5.41, 5.74) is 0.171. The minimum absolute atomic E-state index is 0.00323. The van der Waals surface area contributed by atoms with Crippen LogP contribution in [0.5, 0.6) is 11.5 Å². The number of halogens is 2. The lowest BCUT2D eigenvalue weighted by atomic mass is 10.2. The van der Waals surface area contributed by atoms with Crippen LogP contribution in [-0.2, 0) is 14.8 Å². The summed E-state index contributed by atoms with van der Waals surface area (Å²) >= 11 is 0. The van der Waals surface area contributed by atoms with E-state index >= 15 is 0 Å². The second-order valence-electron chi connectivity index (χ2n) is 5.89. The molecule has 0 fully saturated rings. The summed E-state index contributed by atoms with van der Waals surface area (Å²) < 4.78 is 62.3. The predicted octanol–water partition coefficient (Wildman–Crippen LogP) is 2.78. The molecule has 0 bridgehead atoms. The van der Waals surface area contributed by atoms with Crippen LogP contribution in [0.1, 0.15) is 6.92 Å². The maximum absolute atomic E-state index is 13.3. The van der Waals surface area contributed by atoms with E-state index in [1.807, 2.05) is 0 Å². The zero-order valence-electron chi connectivity index (χ0n) is 15.7. The fraction of sp³-hybridized carbons (Fsp3) is 0.278. The molecule has 0 saturated carbocycles. The smallest absolute Gasteiger partial charge is 0.247 e. The van der Waals surface area contributed by atoms with E-state index in [4.69, 9.17) is 9.47 Å². The highest BCUT2D eigenvalue weighted by Gasteiger charge is 2.30. The van der Waals surface area contributed by atoms with Crippen molar-refractivity contribution in [2.24, 2.45) is 0 Å². The number of benzene rings is 2. The third kappa shape index (κ3) is 4.69. The molecule has 1 amide bonds. The summed E-state index contributed by atoms with van der Waals surface area (Å²) in [4.78, 5) is 12.6. The topological polar surface area (TPSA) is 84.9 Å². The highest BCUT2D eigenvalue weighted by Crippen LogP contribution is 2.33. The average Bonchev–Trinajstić information content (AvgIpc) is 2.63. The van der Waals surface area contributed by atoms with Crippen molar-refractivity contribution in [2.45, 2.75) is 13.0 Å². The molecule has 28 heavy (non-hydrogen) atoms. The van der Waals surface area contributed by atoms with E-state index in [-0.39, 0.29) is 17.1 Å². The molecule has 0 unspecified atom stereocenters. The number of rotatable bonds is 7. The van der Waals surface area contributed by atoms with Crippen molar-refractivity contribution in [1.82, 2.24) is 0 Å². The number of carbonyl (C=O) groups excluding carboxylic acids is 1. The van der Waals surface area contributed by atoms with Crippen LogP contribution in [-0.4, -0.2) is 40.8 Å². The minimum Gasteiger partial charge on any atom is -0.493 e. The van der Waals surface area contributed by atoms with Gasteiger partial charge in [0, 0.05) is 17.8 Å². The molecule has 0 heterocycles. The van der Waals surface area contributed by atoms with Crippen molar-refractivity contribution in [1.29, 1.82) is 0 Å². The van der Waals surface area contributed by atoms with Crippen LogP contribution in [0.2, 0.25) is 0 Å². The maximum atomic E-state index is 13.3. The van der Waals surface area contributed by atoms with Crippen LogP contribution in [0.25, 0.3) is 0 Å². The van der Waals surface area contributed by atoms with Gasteiger partial charge in [0.2, 0.25) is 15.9 Å². The molecule has 2 aromatic rings. The number of amides is 1. The summed E-state index contributed by atoms with van der Waals surface area (Å²) in [7, 11) is -1.04. The molecule has 0 aliphatic rings. The van der Waals surface area contributed by atoms with E-state index in [0.717, 1.165) is 22.7 Å². The number of hydrogen-bond donors (Lipinski definition) is 1. The fourth-order valence-corrected chi connectivity index (χ4v) is 3.76. The number of nitrogens with one attached hydrogen (secondary N) is 1. The molecule has 10 heteroatoms. The van der Waals surface area contributed by atoms with E-state index in [1.165, 1.54) is 45.4 Å². The number of methoxy groups -OCH3 is 2. The third-order valence-electron chi connectivity index (χ3n) is 3.90. The van der Waals surface area contributed by atoms with Crippen LogP contribution < -0.4 is 19.1 Å². The zero-order chi connectivity index (χ0) is 21.1. The van der Waals surface area contributed by atoms with E-state index in [2.05, 4.69) is 5.32 Å². The van der Waals surface area contributed by atoms with Crippen molar-refractivity contribution in [3.8, 4) is 11.5 Å². The number of ether oxygens (including phenoxy) is 2.